The Morgan fingerprint density at radius 3 is 2.00 bits per heavy atom. The van der Waals surface area contributed by atoms with E-state index in [2.05, 4.69) is 48.7 Å². The van der Waals surface area contributed by atoms with Gasteiger partial charge in [0.05, 0.1) is 0 Å². The van der Waals surface area contributed by atoms with Crippen LogP contribution in [0.1, 0.15) is 76.7 Å². The zero-order valence-electron chi connectivity index (χ0n) is 14.7. The zero-order valence-corrected chi connectivity index (χ0v) is 15.5. The van der Waals surface area contributed by atoms with Gasteiger partial charge in [0, 0.05) is 4.88 Å². The number of aryl methyl sites for hydroxylation is 1. The molecule has 1 aromatic heterocycles. The molecule has 0 amide bonds. The fourth-order valence-electron chi connectivity index (χ4n) is 3.08. The highest BCUT2D eigenvalue weighted by Gasteiger charge is 2.02. The van der Waals surface area contributed by atoms with E-state index in [1.165, 1.54) is 86.6 Å². The fraction of sp³-hybridized carbons (Fsp3) is 0.545. The number of hydrogen-bond acceptors (Lipinski definition) is 1. The molecule has 0 fully saturated rings. The van der Waals surface area contributed by atoms with Gasteiger partial charge in [-0.1, -0.05) is 95.0 Å². The summed E-state index contributed by atoms with van der Waals surface area (Å²) in [5.41, 5.74) is 2.88. The van der Waals surface area contributed by atoms with Gasteiger partial charge >= 0.3 is 0 Å². The van der Waals surface area contributed by atoms with Gasteiger partial charge in [0.2, 0.25) is 0 Å². The number of hydrogen-bond donors (Lipinski definition) is 0. The van der Waals surface area contributed by atoms with E-state index in [-0.39, 0.29) is 0 Å². The van der Waals surface area contributed by atoms with E-state index in [4.69, 9.17) is 0 Å². The lowest BCUT2D eigenvalue weighted by Gasteiger charge is -2.02. The van der Waals surface area contributed by atoms with Crippen molar-refractivity contribution in [1.29, 1.82) is 0 Å². The highest BCUT2D eigenvalue weighted by atomic mass is 32.1. The van der Waals surface area contributed by atoms with Gasteiger partial charge in [0.15, 0.2) is 0 Å². The predicted octanol–water partition coefficient (Wildman–Crippen LogP) is 7.88. The van der Waals surface area contributed by atoms with Crippen LogP contribution < -0.4 is 0 Å². The third-order valence-electron chi connectivity index (χ3n) is 4.53. The summed E-state index contributed by atoms with van der Waals surface area (Å²) in [6, 6.07) is 13.1. The molecule has 0 saturated carbocycles. The van der Waals surface area contributed by atoms with Gasteiger partial charge in [0.1, 0.15) is 0 Å². The Morgan fingerprint density at radius 2 is 1.35 bits per heavy atom. The van der Waals surface area contributed by atoms with E-state index in [0.29, 0.717) is 0 Å². The minimum Gasteiger partial charge on any atom is -0.144 e. The van der Waals surface area contributed by atoms with Crippen LogP contribution in [-0.4, -0.2) is 0 Å². The summed E-state index contributed by atoms with van der Waals surface area (Å²) in [6.07, 6.45) is 15.4. The molecule has 0 bridgehead atoms. The van der Waals surface area contributed by atoms with Gasteiger partial charge in [-0.05, 0) is 35.4 Å². The first kappa shape index (κ1) is 18.3. The van der Waals surface area contributed by atoms with E-state index in [0.717, 1.165) is 0 Å². The molecule has 0 spiro atoms. The maximum absolute atomic E-state index is 2.38. The third-order valence-corrected chi connectivity index (χ3v) is 5.56. The maximum atomic E-state index is 2.38. The summed E-state index contributed by atoms with van der Waals surface area (Å²) in [5, 5.41) is 2.34. The lowest BCUT2D eigenvalue weighted by molar-refractivity contribution is 0.556. The Hall–Kier alpha value is -1.08. The minimum absolute atomic E-state index is 1.25. The van der Waals surface area contributed by atoms with Crippen LogP contribution in [0, 0.1) is 0 Å². The fourth-order valence-corrected chi connectivity index (χ4v) is 4.03. The van der Waals surface area contributed by atoms with Crippen LogP contribution >= 0.6 is 11.3 Å². The van der Waals surface area contributed by atoms with Crippen LogP contribution in [0.3, 0.4) is 0 Å². The Morgan fingerprint density at radius 1 is 0.739 bits per heavy atom. The number of unbranched alkanes of at least 4 members (excludes halogenated alkanes) is 9. The second kappa shape index (κ2) is 11.5. The second-order valence-corrected chi connectivity index (χ2v) is 7.53. The Balaban J connectivity index is 1.53. The van der Waals surface area contributed by atoms with Crippen LogP contribution in [-0.2, 0) is 6.42 Å². The molecule has 2 aromatic rings. The first-order valence-electron chi connectivity index (χ1n) is 9.53. The topological polar surface area (TPSA) is 0 Å². The average Bonchev–Trinajstić information content (AvgIpc) is 3.06. The van der Waals surface area contributed by atoms with Crippen molar-refractivity contribution in [2.45, 2.75) is 77.6 Å². The highest BCUT2D eigenvalue weighted by Crippen LogP contribution is 2.27. The van der Waals surface area contributed by atoms with Gasteiger partial charge in [-0.3, -0.25) is 0 Å². The molecule has 23 heavy (non-hydrogen) atoms. The summed E-state index contributed by atoms with van der Waals surface area (Å²) in [5.74, 6) is 0. The number of rotatable bonds is 12. The molecule has 0 radical (unpaired) electrons. The quantitative estimate of drug-likeness (QED) is 0.348. The average molecular weight is 329 g/mol. The van der Waals surface area contributed by atoms with E-state index in [1.807, 2.05) is 11.3 Å². The monoisotopic (exact) mass is 328 g/mol. The molecule has 0 aliphatic carbocycles. The van der Waals surface area contributed by atoms with Crippen molar-refractivity contribution in [3.8, 4) is 10.4 Å². The smallest absolute Gasteiger partial charge is 0.0345 e. The second-order valence-electron chi connectivity index (χ2n) is 6.62. The summed E-state index contributed by atoms with van der Waals surface area (Å²) in [4.78, 5) is 1.41. The van der Waals surface area contributed by atoms with E-state index in [1.54, 1.807) is 0 Å². The highest BCUT2D eigenvalue weighted by molar-refractivity contribution is 7.13. The van der Waals surface area contributed by atoms with Crippen molar-refractivity contribution in [2.24, 2.45) is 0 Å². The molecule has 0 unspecified atom stereocenters. The summed E-state index contributed by atoms with van der Waals surface area (Å²) in [6.45, 7) is 2.29. The van der Waals surface area contributed by atoms with Gasteiger partial charge in [-0.2, -0.15) is 0 Å². The van der Waals surface area contributed by atoms with Crippen LogP contribution in [0.5, 0.6) is 0 Å². The van der Waals surface area contributed by atoms with Crippen LogP contribution in [0.2, 0.25) is 0 Å². The van der Waals surface area contributed by atoms with Gasteiger partial charge in [-0.25, -0.2) is 0 Å². The Kier molecular flexibility index (Phi) is 9.09. The normalized spacial score (nSPS) is 11.0. The summed E-state index contributed by atoms with van der Waals surface area (Å²) in [7, 11) is 0. The van der Waals surface area contributed by atoms with E-state index >= 15 is 0 Å². The van der Waals surface area contributed by atoms with Crippen molar-refractivity contribution in [1.82, 2.24) is 0 Å². The lowest BCUT2D eigenvalue weighted by atomic mass is 10.0. The molecule has 1 aromatic carbocycles. The van der Waals surface area contributed by atoms with Gasteiger partial charge in [-0.15, -0.1) is 11.3 Å². The maximum Gasteiger partial charge on any atom is 0.0345 e. The summed E-state index contributed by atoms with van der Waals surface area (Å²) < 4.78 is 0. The molecule has 0 aliphatic heterocycles. The predicted molar refractivity (Wildman–Crippen MR) is 105 cm³/mol. The first-order chi connectivity index (χ1) is 11.4. The van der Waals surface area contributed by atoms with Crippen LogP contribution in [0.25, 0.3) is 10.4 Å². The van der Waals surface area contributed by atoms with Gasteiger partial charge in [0.25, 0.3) is 0 Å². The molecule has 126 valence electrons. The number of thiophene rings is 1. The van der Waals surface area contributed by atoms with Crippen molar-refractivity contribution < 1.29 is 0 Å². The molecule has 0 atom stereocenters. The molecule has 0 nitrogen and oxygen atoms in total. The van der Waals surface area contributed by atoms with Gasteiger partial charge < -0.3 is 0 Å². The molecular formula is C22H32S. The summed E-state index contributed by atoms with van der Waals surface area (Å²) >= 11 is 1.88. The first-order valence-corrected chi connectivity index (χ1v) is 10.4. The Labute approximate surface area is 147 Å². The largest absolute Gasteiger partial charge is 0.144 e. The molecule has 0 saturated heterocycles. The molecule has 2 rings (SSSR count). The van der Waals surface area contributed by atoms with E-state index < -0.39 is 0 Å². The minimum atomic E-state index is 1.25. The van der Waals surface area contributed by atoms with Crippen molar-refractivity contribution in [2.75, 3.05) is 0 Å². The zero-order chi connectivity index (χ0) is 16.2. The molecular weight excluding hydrogens is 296 g/mol. The SMILES string of the molecule is CCCCCCCCCCCCc1csc(-c2ccccc2)c1. The van der Waals surface area contributed by atoms with Crippen molar-refractivity contribution in [3.05, 3.63) is 47.3 Å². The Bertz CT molecular complexity index is 512. The third kappa shape index (κ3) is 7.35. The molecule has 0 aliphatic rings. The lowest BCUT2D eigenvalue weighted by Crippen LogP contribution is -1.84. The van der Waals surface area contributed by atoms with Crippen molar-refractivity contribution >= 4 is 11.3 Å². The van der Waals surface area contributed by atoms with Crippen LogP contribution in [0.15, 0.2) is 41.8 Å². The molecule has 0 N–H and O–H groups in total. The number of benzene rings is 1. The van der Waals surface area contributed by atoms with Crippen LogP contribution in [0.4, 0.5) is 0 Å². The molecule has 1 heteroatoms. The van der Waals surface area contributed by atoms with Crippen molar-refractivity contribution in [3.63, 3.8) is 0 Å². The molecule has 1 heterocycles. The standard InChI is InChI=1S/C22H32S/c1-2-3-4-5-6-7-8-9-10-12-15-20-18-22(23-19-20)21-16-13-11-14-17-21/h11,13-14,16-19H,2-10,12,15H2,1H3. The van der Waals surface area contributed by atoms with E-state index in [9.17, 15) is 0 Å².